The Balaban J connectivity index is 1.39. The van der Waals surface area contributed by atoms with Crippen LogP contribution < -0.4 is 0 Å². The van der Waals surface area contributed by atoms with Gasteiger partial charge < -0.3 is 14.6 Å². The van der Waals surface area contributed by atoms with E-state index in [-0.39, 0.29) is 12.3 Å². The Morgan fingerprint density at radius 2 is 1.88 bits per heavy atom. The summed E-state index contributed by atoms with van der Waals surface area (Å²) in [6.07, 6.45) is 15.3. The van der Waals surface area contributed by atoms with Gasteiger partial charge in [0, 0.05) is 43.2 Å². The molecule has 0 saturated heterocycles. The Bertz CT molecular complexity index is 930. The third-order valence-corrected chi connectivity index (χ3v) is 7.37. The van der Waals surface area contributed by atoms with Gasteiger partial charge in [-0.2, -0.15) is 0 Å². The fourth-order valence-electron chi connectivity index (χ4n) is 5.60. The van der Waals surface area contributed by atoms with Crippen molar-refractivity contribution in [1.82, 2.24) is 14.5 Å². The SMILES string of the molecule is O=C(O)CCCCC(=O)N1CCc2c(n(CCCCC3CCCCC3)c3ncccc23)C1. The summed E-state index contributed by atoms with van der Waals surface area (Å²) < 4.78 is 2.37. The molecule has 1 N–H and O–H groups in total. The third kappa shape index (κ3) is 5.51. The van der Waals surface area contributed by atoms with E-state index in [1.165, 1.54) is 61.6 Å². The number of amides is 1. The van der Waals surface area contributed by atoms with E-state index in [0.717, 1.165) is 37.5 Å². The zero-order valence-electron chi connectivity index (χ0n) is 19.2. The predicted octanol–water partition coefficient (Wildman–Crippen LogP) is 5.32. The monoisotopic (exact) mass is 439 g/mol. The number of hydrogen-bond acceptors (Lipinski definition) is 3. The van der Waals surface area contributed by atoms with Gasteiger partial charge in [0.1, 0.15) is 5.65 Å². The molecule has 2 aromatic heterocycles. The van der Waals surface area contributed by atoms with Gasteiger partial charge in [0.2, 0.25) is 5.91 Å². The van der Waals surface area contributed by atoms with Crippen LogP contribution in [0.5, 0.6) is 0 Å². The molecule has 3 heterocycles. The molecule has 1 fully saturated rings. The second-order valence-electron chi connectivity index (χ2n) is 9.62. The first-order valence-corrected chi connectivity index (χ1v) is 12.6. The van der Waals surface area contributed by atoms with Crippen molar-refractivity contribution in [1.29, 1.82) is 0 Å². The van der Waals surface area contributed by atoms with Crippen LogP contribution in [0.2, 0.25) is 0 Å². The average Bonchev–Trinajstić information content (AvgIpc) is 3.13. The summed E-state index contributed by atoms with van der Waals surface area (Å²) in [6.45, 7) is 2.35. The number of aliphatic carboxylic acids is 1. The Kier molecular flexibility index (Phi) is 7.82. The Morgan fingerprint density at radius 3 is 2.69 bits per heavy atom. The number of aryl methyl sites for hydroxylation is 1. The zero-order valence-corrected chi connectivity index (χ0v) is 19.2. The molecule has 0 bridgehead atoms. The molecule has 0 radical (unpaired) electrons. The quantitative estimate of drug-likeness (QED) is 0.509. The number of aromatic nitrogens is 2. The lowest BCUT2D eigenvalue weighted by molar-refractivity contribution is -0.137. The van der Waals surface area contributed by atoms with Crippen LogP contribution in [0, 0.1) is 5.92 Å². The van der Waals surface area contributed by atoms with E-state index in [9.17, 15) is 9.59 Å². The highest BCUT2D eigenvalue weighted by molar-refractivity contribution is 5.83. The molecular formula is C26H37N3O3. The predicted molar refractivity (Wildman–Crippen MR) is 125 cm³/mol. The number of carboxylic acid groups (broad SMARTS) is 1. The number of carbonyl (C=O) groups is 2. The molecule has 0 aromatic carbocycles. The van der Waals surface area contributed by atoms with Gasteiger partial charge >= 0.3 is 5.97 Å². The molecule has 1 aliphatic carbocycles. The Labute approximate surface area is 191 Å². The molecule has 0 unspecified atom stereocenters. The van der Waals surface area contributed by atoms with Crippen molar-refractivity contribution in [3.05, 3.63) is 29.6 Å². The van der Waals surface area contributed by atoms with Crippen LogP contribution in [-0.2, 0) is 29.1 Å². The molecule has 0 spiro atoms. The normalized spacial score (nSPS) is 16.9. The van der Waals surface area contributed by atoms with Crippen molar-refractivity contribution in [2.45, 2.75) is 96.6 Å². The first kappa shape index (κ1) is 22.8. The minimum atomic E-state index is -0.791. The first-order chi connectivity index (χ1) is 15.6. The number of unbranched alkanes of at least 4 members (excludes halogenated alkanes) is 2. The van der Waals surface area contributed by atoms with Gasteiger partial charge in [-0.05, 0) is 49.3 Å². The van der Waals surface area contributed by atoms with Crippen molar-refractivity contribution in [2.75, 3.05) is 6.54 Å². The number of nitrogens with zero attached hydrogens (tertiary/aromatic N) is 3. The topological polar surface area (TPSA) is 75.4 Å². The molecular weight excluding hydrogens is 402 g/mol. The van der Waals surface area contributed by atoms with Crippen LogP contribution in [0.3, 0.4) is 0 Å². The molecule has 6 nitrogen and oxygen atoms in total. The summed E-state index contributed by atoms with van der Waals surface area (Å²) in [7, 11) is 0. The molecule has 1 saturated carbocycles. The Hall–Kier alpha value is -2.37. The summed E-state index contributed by atoms with van der Waals surface area (Å²) in [5.74, 6) is 0.273. The average molecular weight is 440 g/mol. The molecule has 4 rings (SSSR count). The largest absolute Gasteiger partial charge is 0.481 e. The van der Waals surface area contributed by atoms with E-state index in [0.29, 0.717) is 25.8 Å². The van der Waals surface area contributed by atoms with Crippen molar-refractivity contribution in [3.63, 3.8) is 0 Å². The number of fused-ring (bicyclic) bond motifs is 3. The lowest BCUT2D eigenvalue weighted by atomic mass is 9.86. The molecule has 0 atom stereocenters. The maximum absolute atomic E-state index is 12.8. The maximum Gasteiger partial charge on any atom is 0.303 e. The van der Waals surface area contributed by atoms with E-state index < -0.39 is 5.97 Å². The van der Waals surface area contributed by atoms with Crippen molar-refractivity contribution >= 4 is 22.9 Å². The van der Waals surface area contributed by atoms with Crippen LogP contribution in [0.1, 0.15) is 88.3 Å². The molecule has 32 heavy (non-hydrogen) atoms. The van der Waals surface area contributed by atoms with Gasteiger partial charge in [0.15, 0.2) is 0 Å². The molecule has 2 aromatic rings. The van der Waals surface area contributed by atoms with Gasteiger partial charge in [-0.15, -0.1) is 0 Å². The molecule has 174 valence electrons. The van der Waals surface area contributed by atoms with Crippen LogP contribution in [0.4, 0.5) is 0 Å². The fraction of sp³-hybridized carbons (Fsp3) is 0.654. The second kappa shape index (κ2) is 11.0. The van der Waals surface area contributed by atoms with Gasteiger partial charge in [-0.25, -0.2) is 4.98 Å². The van der Waals surface area contributed by atoms with Crippen molar-refractivity contribution < 1.29 is 14.7 Å². The van der Waals surface area contributed by atoms with Crippen LogP contribution in [0.25, 0.3) is 11.0 Å². The lowest BCUT2D eigenvalue weighted by Gasteiger charge is -2.29. The number of carboxylic acids is 1. The smallest absolute Gasteiger partial charge is 0.303 e. The fourth-order valence-corrected chi connectivity index (χ4v) is 5.60. The van der Waals surface area contributed by atoms with Crippen molar-refractivity contribution in [3.8, 4) is 0 Å². The number of hydrogen-bond donors (Lipinski definition) is 1. The minimum absolute atomic E-state index is 0.137. The molecule has 1 aliphatic heterocycles. The van der Waals surface area contributed by atoms with E-state index in [2.05, 4.69) is 10.6 Å². The summed E-state index contributed by atoms with van der Waals surface area (Å²) in [4.78, 5) is 30.1. The van der Waals surface area contributed by atoms with Gasteiger partial charge in [-0.3, -0.25) is 9.59 Å². The van der Waals surface area contributed by atoms with E-state index in [1.807, 2.05) is 17.2 Å². The third-order valence-electron chi connectivity index (χ3n) is 7.37. The van der Waals surface area contributed by atoms with E-state index >= 15 is 0 Å². The van der Waals surface area contributed by atoms with E-state index in [4.69, 9.17) is 10.1 Å². The second-order valence-corrected chi connectivity index (χ2v) is 9.62. The summed E-state index contributed by atoms with van der Waals surface area (Å²) in [6, 6.07) is 4.18. The highest BCUT2D eigenvalue weighted by atomic mass is 16.4. The Morgan fingerprint density at radius 1 is 1.06 bits per heavy atom. The summed E-state index contributed by atoms with van der Waals surface area (Å²) >= 11 is 0. The summed E-state index contributed by atoms with van der Waals surface area (Å²) in [5, 5.41) is 10.0. The van der Waals surface area contributed by atoms with Crippen LogP contribution in [0.15, 0.2) is 18.3 Å². The van der Waals surface area contributed by atoms with Crippen molar-refractivity contribution in [2.24, 2.45) is 5.92 Å². The zero-order chi connectivity index (χ0) is 22.3. The number of pyridine rings is 1. The van der Waals surface area contributed by atoms with Crippen LogP contribution >= 0.6 is 0 Å². The minimum Gasteiger partial charge on any atom is -0.481 e. The highest BCUT2D eigenvalue weighted by Gasteiger charge is 2.26. The molecule has 2 aliphatic rings. The van der Waals surface area contributed by atoms with E-state index in [1.54, 1.807) is 0 Å². The lowest BCUT2D eigenvalue weighted by Crippen LogP contribution is -2.36. The number of rotatable bonds is 10. The van der Waals surface area contributed by atoms with Gasteiger partial charge in [-0.1, -0.05) is 44.9 Å². The van der Waals surface area contributed by atoms with Gasteiger partial charge in [0.25, 0.3) is 0 Å². The van der Waals surface area contributed by atoms with Crippen LogP contribution in [-0.4, -0.2) is 38.0 Å². The standard InChI is InChI=1S/C26H37N3O3/c30-24(13-4-5-14-25(31)32)28-18-15-21-22-12-8-16-27-26(22)29(23(21)19-28)17-7-6-11-20-9-2-1-3-10-20/h8,12,16,20H,1-7,9-11,13-15,17-19H2,(H,31,32). The first-order valence-electron chi connectivity index (χ1n) is 12.6. The summed E-state index contributed by atoms with van der Waals surface area (Å²) in [5.41, 5.74) is 3.67. The highest BCUT2D eigenvalue weighted by Crippen LogP contribution is 2.31. The van der Waals surface area contributed by atoms with Gasteiger partial charge in [0.05, 0.1) is 6.54 Å². The molecule has 6 heteroatoms. The molecule has 1 amide bonds. The number of carbonyl (C=O) groups excluding carboxylic acids is 1. The maximum atomic E-state index is 12.8.